The molecular weight excluding hydrogens is 222 g/mol. The van der Waals surface area contributed by atoms with E-state index in [1.807, 2.05) is 13.0 Å². The highest BCUT2D eigenvalue weighted by molar-refractivity contribution is 7.14. The van der Waals surface area contributed by atoms with E-state index in [9.17, 15) is 4.79 Å². The summed E-state index contributed by atoms with van der Waals surface area (Å²) in [5, 5.41) is 0. The lowest BCUT2D eigenvalue weighted by Crippen LogP contribution is -2.27. The number of esters is 1. The number of hydrogen-bond donors (Lipinski definition) is 0. The Balaban J connectivity index is 2.26. The quantitative estimate of drug-likeness (QED) is 0.743. The van der Waals surface area contributed by atoms with Crippen LogP contribution in [0.3, 0.4) is 0 Å². The Kier molecular flexibility index (Phi) is 3.30. The van der Waals surface area contributed by atoms with E-state index in [-0.39, 0.29) is 5.97 Å². The molecule has 4 heteroatoms. The molecule has 2 heterocycles. The molecule has 0 spiro atoms. The minimum atomic E-state index is -0.184. The maximum absolute atomic E-state index is 11.6. The molecule has 88 valence electrons. The number of likely N-dealkylation sites (N-methyl/N-ethyl adjacent to an activating group) is 1. The normalized spacial score (nSPS) is 20.6. The maximum Gasteiger partial charge on any atom is 0.348 e. The minimum Gasteiger partial charge on any atom is -0.462 e. The van der Waals surface area contributed by atoms with Gasteiger partial charge >= 0.3 is 5.97 Å². The Morgan fingerprint density at radius 1 is 1.69 bits per heavy atom. The molecule has 0 amide bonds. The third-order valence-corrected chi connectivity index (χ3v) is 4.18. The zero-order valence-electron chi connectivity index (χ0n) is 9.95. The lowest BCUT2D eigenvalue weighted by Gasteiger charge is -2.27. The van der Waals surface area contributed by atoms with Crippen LogP contribution in [0.25, 0.3) is 0 Å². The molecule has 0 radical (unpaired) electrons. The summed E-state index contributed by atoms with van der Waals surface area (Å²) in [6, 6.07) is 1.99. The van der Waals surface area contributed by atoms with Gasteiger partial charge in [0, 0.05) is 23.9 Å². The van der Waals surface area contributed by atoms with E-state index in [2.05, 4.69) is 18.9 Å². The lowest BCUT2D eigenvalue weighted by atomic mass is 10.0. The average Bonchev–Trinajstić information content (AvgIpc) is 2.62. The molecule has 0 bridgehead atoms. The van der Waals surface area contributed by atoms with Crippen molar-refractivity contribution in [1.82, 2.24) is 4.90 Å². The predicted octanol–water partition coefficient (Wildman–Crippen LogP) is 2.47. The highest BCUT2D eigenvalue weighted by Gasteiger charge is 2.24. The Labute approximate surface area is 100 Å². The topological polar surface area (TPSA) is 29.5 Å². The molecule has 3 nitrogen and oxygen atoms in total. The average molecular weight is 239 g/mol. The van der Waals surface area contributed by atoms with E-state index in [0.717, 1.165) is 18.0 Å². The van der Waals surface area contributed by atoms with Gasteiger partial charge in [-0.2, -0.15) is 0 Å². The molecule has 1 atom stereocenters. The molecule has 1 aromatic heterocycles. The molecule has 0 aliphatic carbocycles. The molecule has 16 heavy (non-hydrogen) atoms. The number of nitrogens with zero attached hydrogens (tertiary/aromatic N) is 1. The third-order valence-electron chi connectivity index (χ3n) is 2.79. The number of thiophene rings is 1. The monoisotopic (exact) mass is 239 g/mol. The smallest absolute Gasteiger partial charge is 0.348 e. The number of ether oxygens (including phenoxy) is 1. The number of rotatable bonds is 2. The van der Waals surface area contributed by atoms with Gasteiger partial charge in [-0.1, -0.05) is 6.92 Å². The minimum absolute atomic E-state index is 0.184. The molecule has 1 aliphatic rings. The van der Waals surface area contributed by atoms with Crippen molar-refractivity contribution in [3.63, 3.8) is 0 Å². The Hall–Kier alpha value is -0.870. The van der Waals surface area contributed by atoms with Gasteiger partial charge in [-0.15, -0.1) is 11.3 Å². The van der Waals surface area contributed by atoms with Crippen LogP contribution in [-0.4, -0.2) is 31.1 Å². The van der Waals surface area contributed by atoms with Crippen molar-refractivity contribution in [3.8, 4) is 0 Å². The van der Waals surface area contributed by atoms with E-state index in [0.29, 0.717) is 12.5 Å². The number of carbonyl (C=O) groups excluding carboxylic acids is 1. The zero-order chi connectivity index (χ0) is 11.7. The first-order chi connectivity index (χ1) is 7.61. The van der Waals surface area contributed by atoms with Crippen LogP contribution in [-0.2, 0) is 11.3 Å². The fraction of sp³-hybridized carbons (Fsp3) is 0.583. The van der Waals surface area contributed by atoms with E-state index in [1.165, 1.54) is 10.4 Å². The number of fused-ring (bicyclic) bond motifs is 1. The standard InChI is InChI=1S/C12H17NO2S/c1-4-15-12(14)10-5-9-7-13(3)6-8(2)11(9)16-10/h5,8H,4,6-7H2,1-3H3. The van der Waals surface area contributed by atoms with Gasteiger partial charge in [0.15, 0.2) is 0 Å². The summed E-state index contributed by atoms with van der Waals surface area (Å²) in [5.41, 5.74) is 1.29. The molecule has 1 unspecified atom stereocenters. The van der Waals surface area contributed by atoms with Crippen molar-refractivity contribution < 1.29 is 9.53 Å². The van der Waals surface area contributed by atoms with E-state index >= 15 is 0 Å². The second kappa shape index (κ2) is 4.55. The molecule has 1 aromatic rings. The largest absolute Gasteiger partial charge is 0.462 e. The van der Waals surface area contributed by atoms with Gasteiger partial charge in [-0.3, -0.25) is 0 Å². The molecule has 0 fully saturated rings. The van der Waals surface area contributed by atoms with Crippen molar-refractivity contribution >= 4 is 17.3 Å². The fourth-order valence-electron chi connectivity index (χ4n) is 2.19. The summed E-state index contributed by atoms with van der Waals surface area (Å²) in [5.74, 6) is 0.332. The predicted molar refractivity (Wildman–Crippen MR) is 65.0 cm³/mol. The zero-order valence-corrected chi connectivity index (χ0v) is 10.8. The first kappa shape index (κ1) is 11.6. The molecule has 2 rings (SSSR count). The van der Waals surface area contributed by atoms with Crippen molar-refractivity contribution in [3.05, 3.63) is 21.4 Å². The maximum atomic E-state index is 11.6. The molecule has 0 aromatic carbocycles. The second-order valence-electron chi connectivity index (χ2n) is 4.32. The van der Waals surface area contributed by atoms with Gasteiger partial charge in [0.05, 0.1) is 6.61 Å². The summed E-state index contributed by atoms with van der Waals surface area (Å²) < 4.78 is 5.03. The summed E-state index contributed by atoms with van der Waals surface area (Å²) in [4.78, 5) is 16.0. The first-order valence-electron chi connectivity index (χ1n) is 5.60. The lowest BCUT2D eigenvalue weighted by molar-refractivity contribution is 0.0532. The SMILES string of the molecule is CCOC(=O)c1cc2c(s1)C(C)CN(C)C2. The Morgan fingerprint density at radius 3 is 3.12 bits per heavy atom. The number of carbonyl (C=O) groups is 1. The van der Waals surface area contributed by atoms with E-state index in [4.69, 9.17) is 4.74 Å². The number of hydrogen-bond acceptors (Lipinski definition) is 4. The van der Waals surface area contributed by atoms with Crippen molar-refractivity contribution in [2.45, 2.75) is 26.3 Å². The fourth-order valence-corrected chi connectivity index (χ4v) is 3.30. The summed E-state index contributed by atoms with van der Waals surface area (Å²) >= 11 is 1.59. The van der Waals surface area contributed by atoms with Crippen molar-refractivity contribution in [2.24, 2.45) is 0 Å². The summed E-state index contributed by atoms with van der Waals surface area (Å²) in [6.07, 6.45) is 0. The molecule has 0 saturated carbocycles. The van der Waals surface area contributed by atoms with Crippen LogP contribution in [0.15, 0.2) is 6.07 Å². The molecule has 0 N–H and O–H groups in total. The van der Waals surface area contributed by atoms with Crippen LogP contribution in [0.1, 0.15) is 39.9 Å². The van der Waals surface area contributed by atoms with E-state index < -0.39 is 0 Å². The van der Waals surface area contributed by atoms with Crippen LogP contribution < -0.4 is 0 Å². The Bertz CT molecular complexity index is 400. The van der Waals surface area contributed by atoms with Crippen LogP contribution in [0.2, 0.25) is 0 Å². The summed E-state index contributed by atoms with van der Waals surface area (Å²) in [6.45, 7) is 6.49. The van der Waals surface area contributed by atoms with Gasteiger partial charge in [0.25, 0.3) is 0 Å². The van der Waals surface area contributed by atoms with Crippen LogP contribution in [0.5, 0.6) is 0 Å². The highest BCUT2D eigenvalue weighted by atomic mass is 32.1. The highest BCUT2D eigenvalue weighted by Crippen LogP contribution is 2.34. The van der Waals surface area contributed by atoms with Crippen LogP contribution >= 0.6 is 11.3 Å². The molecular formula is C12H17NO2S. The van der Waals surface area contributed by atoms with Gasteiger partial charge in [-0.05, 0) is 25.6 Å². The van der Waals surface area contributed by atoms with Crippen molar-refractivity contribution in [2.75, 3.05) is 20.2 Å². The van der Waals surface area contributed by atoms with Gasteiger partial charge in [0.1, 0.15) is 4.88 Å². The van der Waals surface area contributed by atoms with Crippen molar-refractivity contribution in [1.29, 1.82) is 0 Å². The van der Waals surface area contributed by atoms with Gasteiger partial charge in [0.2, 0.25) is 0 Å². The second-order valence-corrected chi connectivity index (χ2v) is 5.40. The Morgan fingerprint density at radius 2 is 2.44 bits per heavy atom. The van der Waals surface area contributed by atoms with Crippen LogP contribution in [0.4, 0.5) is 0 Å². The third kappa shape index (κ3) is 2.13. The summed E-state index contributed by atoms with van der Waals surface area (Å²) in [7, 11) is 2.11. The first-order valence-corrected chi connectivity index (χ1v) is 6.41. The van der Waals surface area contributed by atoms with Gasteiger partial charge in [-0.25, -0.2) is 4.79 Å². The molecule has 1 aliphatic heterocycles. The molecule has 0 saturated heterocycles. The van der Waals surface area contributed by atoms with Gasteiger partial charge < -0.3 is 9.64 Å². The van der Waals surface area contributed by atoms with E-state index in [1.54, 1.807) is 11.3 Å². The van der Waals surface area contributed by atoms with Crippen LogP contribution in [0, 0.1) is 0 Å².